The Morgan fingerprint density at radius 2 is 1.92 bits per heavy atom. The Kier molecular flexibility index (Phi) is 5.29. The summed E-state index contributed by atoms with van der Waals surface area (Å²) in [5, 5.41) is 19.3. The summed E-state index contributed by atoms with van der Waals surface area (Å²) in [5.74, 6) is -2.53. The van der Waals surface area contributed by atoms with Crippen LogP contribution in [-0.2, 0) is 16.1 Å². The molecule has 3 N–H and O–H groups in total. The van der Waals surface area contributed by atoms with Crippen molar-refractivity contribution >= 4 is 23.5 Å². The molecule has 4 atom stereocenters. The van der Waals surface area contributed by atoms with E-state index in [1.165, 1.54) is 0 Å². The molecule has 1 aromatic rings. The third kappa shape index (κ3) is 3.32. The van der Waals surface area contributed by atoms with Crippen LogP contribution in [0.2, 0.25) is 0 Å². The highest BCUT2D eigenvalue weighted by atomic mass is 16.4. The molecule has 2 bridgehead atoms. The molecule has 0 radical (unpaired) electrons. The van der Waals surface area contributed by atoms with Crippen molar-refractivity contribution in [2.45, 2.75) is 46.1 Å². The van der Waals surface area contributed by atoms with Crippen molar-refractivity contribution in [2.75, 3.05) is 11.9 Å². The number of hydrogen-bond acceptors (Lipinski definition) is 4. The number of fused-ring (bicyclic) bond motifs is 2. The van der Waals surface area contributed by atoms with Gasteiger partial charge in [0.25, 0.3) is 5.91 Å². The number of nitrogens with one attached hydrogen (secondary N) is 2. The molecule has 1 heterocycles. The number of aryl methyl sites for hydroxylation is 1. The van der Waals surface area contributed by atoms with Crippen molar-refractivity contribution in [3.05, 3.63) is 11.9 Å². The number of carboxylic acid groups (broad SMARTS) is 1. The average molecular weight is 362 g/mol. The van der Waals surface area contributed by atoms with Crippen molar-refractivity contribution in [2.24, 2.45) is 23.7 Å². The Bertz CT molecular complexity index is 714. The van der Waals surface area contributed by atoms with Crippen LogP contribution in [0.3, 0.4) is 0 Å². The summed E-state index contributed by atoms with van der Waals surface area (Å²) in [4.78, 5) is 36.8. The van der Waals surface area contributed by atoms with Crippen LogP contribution < -0.4 is 10.6 Å². The van der Waals surface area contributed by atoms with Gasteiger partial charge in [-0.15, -0.1) is 0 Å². The minimum absolute atomic E-state index is 0.0824. The molecular formula is C18H26N4O4. The fraction of sp³-hybridized carbons (Fsp3) is 0.667. The van der Waals surface area contributed by atoms with Crippen LogP contribution in [0, 0.1) is 23.7 Å². The van der Waals surface area contributed by atoms with E-state index in [1.807, 2.05) is 13.8 Å². The molecule has 0 aromatic carbocycles. The number of aliphatic carboxylic acids is 1. The van der Waals surface area contributed by atoms with E-state index >= 15 is 0 Å². The fourth-order valence-corrected chi connectivity index (χ4v) is 4.40. The first-order chi connectivity index (χ1) is 12.5. The number of carbonyl (C=O) groups excluding carboxylic acids is 2. The van der Waals surface area contributed by atoms with E-state index in [4.69, 9.17) is 0 Å². The number of amides is 2. The lowest BCUT2D eigenvalue weighted by molar-refractivity contribution is -0.148. The van der Waals surface area contributed by atoms with Gasteiger partial charge in [-0.05, 0) is 44.4 Å². The van der Waals surface area contributed by atoms with Gasteiger partial charge in [-0.1, -0.05) is 6.92 Å². The summed E-state index contributed by atoms with van der Waals surface area (Å²) < 4.78 is 1.59. The fourth-order valence-electron chi connectivity index (χ4n) is 4.40. The zero-order valence-electron chi connectivity index (χ0n) is 15.2. The Labute approximate surface area is 152 Å². The first-order valence-corrected chi connectivity index (χ1v) is 9.35. The van der Waals surface area contributed by atoms with E-state index in [-0.39, 0.29) is 29.3 Å². The van der Waals surface area contributed by atoms with Crippen LogP contribution in [-0.4, -0.2) is 39.2 Å². The first-order valence-electron chi connectivity index (χ1n) is 9.35. The van der Waals surface area contributed by atoms with Crippen LogP contribution in [0.25, 0.3) is 0 Å². The molecule has 0 spiro atoms. The molecule has 2 amide bonds. The van der Waals surface area contributed by atoms with Gasteiger partial charge in [-0.3, -0.25) is 19.1 Å². The van der Waals surface area contributed by atoms with Crippen LogP contribution >= 0.6 is 0 Å². The van der Waals surface area contributed by atoms with Gasteiger partial charge in [0.1, 0.15) is 0 Å². The zero-order valence-corrected chi connectivity index (χ0v) is 15.2. The van der Waals surface area contributed by atoms with Crippen LogP contribution in [0.5, 0.6) is 0 Å². The molecule has 2 saturated carbocycles. The van der Waals surface area contributed by atoms with Crippen LogP contribution in [0.15, 0.2) is 6.20 Å². The maximum atomic E-state index is 12.9. The van der Waals surface area contributed by atoms with Gasteiger partial charge in [0, 0.05) is 19.3 Å². The van der Waals surface area contributed by atoms with E-state index in [9.17, 15) is 19.5 Å². The molecule has 2 aliphatic rings. The number of carbonyl (C=O) groups is 3. The second-order valence-corrected chi connectivity index (χ2v) is 7.22. The van der Waals surface area contributed by atoms with Crippen molar-refractivity contribution in [1.29, 1.82) is 0 Å². The van der Waals surface area contributed by atoms with Gasteiger partial charge in [0.15, 0.2) is 5.69 Å². The summed E-state index contributed by atoms with van der Waals surface area (Å²) in [6.07, 6.45) is 5.00. The Balaban J connectivity index is 1.79. The number of nitrogens with zero attached hydrogens (tertiary/aromatic N) is 2. The van der Waals surface area contributed by atoms with Gasteiger partial charge >= 0.3 is 5.97 Å². The van der Waals surface area contributed by atoms with Gasteiger partial charge in [0.05, 0.1) is 17.5 Å². The monoisotopic (exact) mass is 362 g/mol. The standard InChI is InChI=1S/C18H26N4O4/c1-3-7-19-17(24)15-12(9-22(4-2)21-15)20-16(23)13-10-5-6-11(8-10)14(13)18(25)26/h9-11,13-14H,3-8H2,1-2H3,(H,19,24)(H,20,23)(H,25,26). The SMILES string of the molecule is CCCNC(=O)c1nn(CC)cc1NC(=O)C1C2CCC(C2)C1C(=O)O. The molecule has 8 nitrogen and oxygen atoms in total. The number of anilines is 1. The molecule has 2 fully saturated rings. The smallest absolute Gasteiger partial charge is 0.307 e. The lowest BCUT2D eigenvalue weighted by Gasteiger charge is -2.26. The van der Waals surface area contributed by atoms with Crippen molar-refractivity contribution < 1.29 is 19.5 Å². The maximum absolute atomic E-state index is 12.9. The quantitative estimate of drug-likeness (QED) is 0.683. The molecule has 3 rings (SSSR count). The molecule has 1 aromatic heterocycles. The van der Waals surface area contributed by atoms with Gasteiger partial charge in [-0.25, -0.2) is 0 Å². The van der Waals surface area contributed by atoms with E-state index in [0.29, 0.717) is 18.8 Å². The highest BCUT2D eigenvalue weighted by Gasteiger charge is 2.54. The zero-order chi connectivity index (χ0) is 18.8. The Morgan fingerprint density at radius 1 is 1.23 bits per heavy atom. The molecular weight excluding hydrogens is 336 g/mol. The lowest BCUT2D eigenvalue weighted by atomic mass is 9.78. The molecule has 8 heteroatoms. The lowest BCUT2D eigenvalue weighted by Crippen LogP contribution is -2.38. The third-order valence-corrected chi connectivity index (χ3v) is 5.60. The van der Waals surface area contributed by atoms with Crippen molar-refractivity contribution in [3.8, 4) is 0 Å². The number of carboxylic acids is 1. The summed E-state index contributed by atoms with van der Waals surface area (Å²) in [6, 6.07) is 0. The molecule has 2 aliphatic carbocycles. The largest absolute Gasteiger partial charge is 0.481 e. The predicted molar refractivity (Wildman–Crippen MR) is 94.6 cm³/mol. The minimum Gasteiger partial charge on any atom is -0.481 e. The number of hydrogen-bond donors (Lipinski definition) is 3. The van der Waals surface area contributed by atoms with Gasteiger partial charge in [-0.2, -0.15) is 5.10 Å². The van der Waals surface area contributed by atoms with Crippen molar-refractivity contribution in [1.82, 2.24) is 15.1 Å². The van der Waals surface area contributed by atoms with Crippen LogP contribution in [0.1, 0.15) is 50.0 Å². The van der Waals surface area contributed by atoms with E-state index in [2.05, 4.69) is 15.7 Å². The van der Waals surface area contributed by atoms with Crippen molar-refractivity contribution in [3.63, 3.8) is 0 Å². The summed E-state index contributed by atoms with van der Waals surface area (Å²) in [6.45, 7) is 4.94. The summed E-state index contributed by atoms with van der Waals surface area (Å²) >= 11 is 0. The van der Waals surface area contributed by atoms with E-state index in [1.54, 1.807) is 10.9 Å². The minimum atomic E-state index is -0.900. The molecule has 142 valence electrons. The van der Waals surface area contributed by atoms with Crippen LogP contribution in [0.4, 0.5) is 5.69 Å². The molecule has 26 heavy (non-hydrogen) atoms. The molecule has 0 aliphatic heterocycles. The van der Waals surface area contributed by atoms with E-state index < -0.39 is 17.8 Å². The highest BCUT2D eigenvalue weighted by molar-refractivity contribution is 6.03. The first kappa shape index (κ1) is 18.4. The maximum Gasteiger partial charge on any atom is 0.307 e. The Hall–Kier alpha value is -2.38. The average Bonchev–Trinajstić information content (AvgIpc) is 3.32. The predicted octanol–water partition coefficient (Wildman–Crippen LogP) is 1.73. The summed E-state index contributed by atoms with van der Waals surface area (Å²) in [7, 11) is 0. The van der Waals surface area contributed by atoms with Gasteiger partial charge < -0.3 is 15.7 Å². The normalized spacial score (nSPS) is 26.7. The summed E-state index contributed by atoms with van der Waals surface area (Å²) in [5.41, 5.74) is 0.515. The third-order valence-electron chi connectivity index (χ3n) is 5.60. The Morgan fingerprint density at radius 3 is 2.54 bits per heavy atom. The molecule has 0 saturated heterocycles. The highest BCUT2D eigenvalue weighted by Crippen LogP contribution is 2.52. The second kappa shape index (κ2) is 7.47. The van der Waals surface area contributed by atoms with E-state index in [0.717, 1.165) is 25.7 Å². The topological polar surface area (TPSA) is 113 Å². The molecule has 4 unspecified atom stereocenters. The number of aromatic nitrogens is 2. The second-order valence-electron chi connectivity index (χ2n) is 7.22. The van der Waals surface area contributed by atoms with Gasteiger partial charge in [0.2, 0.25) is 5.91 Å². The number of rotatable bonds is 7.